The topological polar surface area (TPSA) is 40.5 Å². The summed E-state index contributed by atoms with van der Waals surface area (Å²) in [5.41, 5.74) is 3.92. The standard InChI is InChI=1S/C16H23NO2/c1-10(2)17-9-13(8-12(4)16(18)19)15-11(3)6-5-7-14(15)17/h5-7,10,12-13H,8-9H2,1-4H3,(H,18,19). The van der Waals surface area contributed by atoms with Crippen LogP contribution in [-0.4, -0.2) is 23.7 Å². The van der Waals surface area contributed by atoms with E-state index in [0.29, 0.717) is 12.0 Å². The van der Waals surface area contributed by atoms with Crippen LogP contribution in [0.25, 0.3) is 0 Å². The number of carbonyl (C=O) groups is 1. The first-order valence-corrected chi connectivity index (χ1v) is 7.00. The van der Waals surface area contributed by atoms with Crippen molar-refractivity contribution in [3.8, 4) is 0 Å². The number of fused-ring (bicyclic) bond motifs is 1. The van der Waals surface area contributed by atoms with Gasteiger partial charge in [0.1, 0.15) is 0 Å². The fraction of sp³-hybridized carbons (Fsp3) is 0.562. The van der Waals surface area contributed by atoms with Crippen LogP contribution in [0.1, 0.15) is 44.2 Å². The van der Waals surface area contributed by atoms with Gasteiger partial charge in [0.2, 0.25) is 0 Å². The fourth-order valence-electron chi connectivity index (χ4n) is 3.08. The Hall–Kier alpha value is -1.51. The molecule has 3 nitrogen and oxygen atoms in total. The van der Waals surface area contributed by atoms with Gasteiger partial charge in [-0.1, -0.05) is 19.1 Å². The van der Waals surface area contributed by atoms with Crippen LogP contribution >= 0.6 is 0 Å². The van der Waals surface area contributed by atoms with Gasteiger partial charge in [-0.3, -0.25) is 4.79 Å². The lowest BCUT2D eigenvalue weighted by atomic mass is 9.89. The van der Waals surface area contributed by atoms with Gasteiger partial charge in [-0.15, -0.1) is 0 Å². The fourth-order valence-corrected chi connectivity index (χ4v) is 3.08. The molecule has 0 saturated heterocycles. The van der Waals surface area contributed by atoms with Gasteiger partial charge in [0.15, 0.2) is 0 Å². The van der Waals surface area contributed by atoms with Gasteiger partial charge in [-0.05, 0) is 44.4 Å². The number of hydrogen-bond donors (Lipinski definition) is 1. The molecule has 0 spiro atoms. The van der Waals surface area contributed by atoms with E-state index in [1.807, 2.05) is 0 Å². The zero-order chi connectivity index (χ0) is 14.2. The van der Waals surface area contributed by atoms with Crippen molar-refractivity contribution in [1.29, 1.82) is 0 Å². The van der Waals surface area contributed by atoms with E-state index in [0.717, 1.165) is 13.0 Å². The lowest BCUT2D eigenvalue weighted by Crippen LogP contribution is -2.30. The number of benzene rings is 1. The van der Waals surface area contributed by atoms with E-state index in [9.17, 15) is 4.79 Å². The smallest absolute Gasteiger partial charge is 0.306 e. The van der Waals surface area contributed by atoms with Gasteiger partial charge in [0.05, 0.1) is 5.92 Å². The van der Waals surface area contributed by atoms with Crippen LogP contribution < -0.4 is 4.90 Å². The number of aryl methyl sites for hydroxylation is 1. The summed E-state index contributed by atoms with van der Waals surface area (Å²) in [5.74, 6) is -0.646. The predicted octanol–water partition coefficient (Wildman–Crippen LogP) is 3.42. The number of nitrogens with zero attached hydrogens (tertiary/aromatic N) is 1. The average Bonchev–Trinajstić information content (AvgIpc) is 2.69. The highest BCUT2D eigenvalue weighted by Gasteiger charge is 2.33. The summed E-state index contributed by atoms with van der Waals surface area (Å²) < 4.78 is 0. The molecule has 1 heterocycles. The Morgan fingerprint density at radius 2 is 2.11 bits per heavy atom. The van der Waals surface area contributed by atoms with Crippen LogP contribution in [0.5, 0.6) is 0 Å². The minimum atomic E-state index is -0.696. The number of carboxylic acid groups (broad SMARTS) is 1. The van der Waals surface area contributed by atoms with Crippen LogP contribution in [-0.2, 0) is 4.79 Å². The molecule has 0 aliphatic carbocycles. The molecule has 0 saturated carbocycles. The molecule has 104 valence electrons. The second kappa shape index (κ2) is 5.24. The molecular formula is C16H23NO2. The largest absolute Gasteiger partial charge is 0.481 e. The van der Waals surface area contributed by atoms with Crippen molar-refractivity contribution in [2.24, 2.45) is 5.92 Å². The maximum Gasteiger partial charge on any atom is 0.306 e. The Morgan fingerprint density at radius 3 is 2.68 bits per heavy atom. The first-order chi connectivity index (χ1) is 8.91. The molecule has 1 N–H and O–H groups in total. The van der Waals surface area contributed by atoms with Gasteiger partial charge >= 0.3 is 5.97 Å². The summed E-state index contributed by atoms with van der Waals surface area (Å²) in [5, 5.41) is 9.12. The van der Waals surface area contributed by atoms with Gasteiger partial charge in [-0.25, -0.2) is 0 Å². The summed E-state index contributed by atoms with van der Waals surface area (Å²) >= 11 is 0. The molecule has 2 rings (SSSR count). The highest BCUT2D eigenvalue weighted by atomic mass is 16.4. The first-order valence-electron chi connectivity index (χ1n) is 7.00. The van der Waals surface area contributed by atoms with Crippen molar-refractivity contribution in [1.82, 2.24) is 0 Å². The zero-order valence-corrected chi connectivity index (χ0v) is 12.2. The van der Waals surface area contributed by atoms with Crippen molar-refractivity contribution in [3.63, 3.8) is 0 Å². The SMILES string of the molecule is Cc1cccc2c1C(CC(C)C(=O)O)CN2C(C)C. The molecule has 0 radical (unpaired) electrons. The monoisotopic (exact) mass is 261 g/mol. The predicted molar refractivity (Wildman–Crippen MR) is 77.8 cm³/mol. The van der Waals surface area contributed by atoms with Crippen molar-refractivity contribution in [3.05, 3.63) is 29.3 Å². The van der Waals surface area contributed by atoms with Crippen molar-refractivity contribution in [2.75, 3.05) is 11.4 Å². The zero-order valence-electron chi connectivity index (χ0n) is 12.2. The summed E-state index contributed by atoms with van der Waals surface area (Å²) in [7, 11) is 0. The molecule has 1 aliphatic heterocycles. The molecule has 1 aromatic rings. The van der Waals surface area contributed by atoms with E-state index in [1.165, 1.54) is 16.8 Å². The third kappa shape index (κ3) is 2.60. The number of carboxylic acids is 1. The number of hydrogen-bond acceptors (Lipinski definition) is 2. The third-order valence-electron chi connectivity index (χ3n) is 4.12. The maximum absolute atomic E-state index is 11.1. The van der Waals surface area contributed by atoms with Gasteiger partial charge in [0, 0.05) is 24.2 Å². The van der Waals surface area contributed by atoms with Crippen LogP contribution in [0, 0.1) is 12.8 Å². The minimum Gasteiger partial charge on any atom is -0.481 e. The Morgan fingerprint density at radius 1 is 1.42 bits per heavy atom. The molecule has 2 unspecified atom stereocenters. The highest BCUT2D eigenvalue weighted by molar-refractivity contribution is 5.70. The van der Waals surface area contributed by atoms with Crippen LogP contribution in [0.4, 0.5) is 5.69 Å². The van der Waals surface area contributed by atoms with E-state index < -0.39 is 5.97 Å². The molecule has 1 aliphatic rings. The van der Waals surface area contributed by atoms with Crippen LogP contribution in [0.3, 0.4) is 0 Å². The van der Waals surface area contributed by atoms with Crippen molar-refractivity contribution in [2.45, 2.75) is 46.1 Å². The number of rotatable bonds is 4. The lowest BCUT2D eigenvalue weighted by Gasteiger charge is -2.24. The van der Waals surface area contributed by atoms with E-state index in [-0.39, 0.29) is 5.92 Å². The molecule has 0 bridgehead atoms. The quantitative estimate of drug-likeness (QED) is 0.903. The molecule has 2 atom stereocenters. The van der Waals surface area contributed by atoms with Crippen molar-refractivity contribution >= 4 is 11.7 Å². The van der Waals surface area contributed by atoms with E-state index in [2.05, 4.69) is 43.9 Å². The third-order valence-corrected chi connectivity index (χ3v) is 4.12. The summed E-state index contributed by atoms with van der Waals surface area (Å²) in [6, 6.07) is 6.83. The summed E-state index contributed by atoms with van der Waals surface area (Å²) in [6.45, 7) is 9.25. The van der Waals surface area contributed by atoms with Gasteiger partial charge in [-0.2, -0.15) is 0 Å². The normalized spacial score (nSPS) is 19.6. The Labute approximate surface area is 115 Å². The molecule has 0 amide bonds. The van der Waals surface area contributed by atoms with E-state index >= 15 is 0 Å². The summed E-state index contributed by atoms with van der Waals surface area (Å²) in [4.78, 5) is 13.5. The van der Waals surface area contributed by atoms with Gasteiger partial charge < -0.3 is 10.0 Å². The molecule has 0 fully saturated rings. The molecule has 19 heavy (non-hydrogen) atoms. The van der Waals surface area contributed by atoms with Crippen molar-refractivity contribution < 1.29 is 9.90 Å². The average molecular weight is 261 g/mol. The molecule has 1 aromatic carbocycles. The molecule has 0 aromatic heterocycles. The minimum absolute atomic E-state index is 0.287. The number of aliphatic carboxylic acids is 1. The van der Waals surface area contributed by atoms with Crippen LogP contribution in [0.15, 0.2) is 18.2 Å². The second-order valence-corrected chi connectivity index (χ2v) is 5.93. The Kier molecular flexibility index (Phi) is 3.83. The molecular weight excluding hydrogens is 238 g/mol. The Balaban J connectivity index is 2.32. The number of anilines is 1. The highest BCUT2D eigenvalue weighted by Crippen LogP contribution is 2.42. The summed E-state index contributed by atoms with van der Waals surface area (Å²) in [6.07, 6.45) is 0.719. The Bertz CT molecular complexity index is 482. The van der Waals surface area contributed by atoms with E-state index in [1.54, 1.807) is 6.92 Å². The first kappa shape index (κ1) is 13.9. The van der Waals surface area contributed by atoms with Gasteiger partial charge in [0.25, 0.3) is 0 Å². The van der Waals surface area contributed by atoms with E-state index in [4.69, 9.17) is 5.11 Å². The lowest BCUT2D eigenvalue weighted by molar-refractivity contribution is -0.141. The van der Waals surface area contributed by atoms with Crippen LogP contribution in [0.2, 0.25) is 0 Å². The molecule has 3 heteroatoms. The second-order valence-electron chi connectivity index (χ2n) is 5.93. The maximum atomic E-state index is 11.1.